The Balaban J connectivity index is 1.95. The zero-order valence-corrected chi connectivity index (χ0v) is 12.4. The van der Waals surface area contributed by atoms with Crippen LogP contribution in [0.5, 0.6) is 0 Å². The second-order valence-corrected chi connectivity index (χ2v) is 6.50. The van der Waals surface area contributed by atoms with Gasteiger partial charge in [-0.25, -0.2) is 4.79 Å². The number of hydrogen-bond acceptors (Lipinski definition) is 4. The van der Waals surface area contributed by atoms with Gasteiger partial charge in [0.15, 0.2) is 0 Å². The van der Waals surface area contributed by atoms with Gasteiger partial charge in [-0.3, -0.25) is 0 Å². The monoisotopic (exact) mass is 315 g/mol. The summed E-state index contributed by atoms with van der Waals surface area (Å²) in [5.74, 6) is -0.659. The Morgan fingerprint density at radius 2 is 2.00 bits per heavy atom. The highest BCUT2D eigenvalue weighted by Gasteiger charge is 2.31. The zero-order chi connectivity index (χ0) is 15.3. The molecule has 1 saturated heterocycles. The molecule has 0 unspecified atom stereocenters. The zero-order valence-electron chi connectivity index (χ0n) is 11.6. The molecule has 0 N–H and O–H groups in total. The molecule has 1 aromatic rings. The average Bonchev–Trinajstić information content (AvgIpc) is 2.45. The van der Waals surface area contributed by atoms with Gasteiger partial charge < -0.3 is 9.64 Å². The number of piperidine rings is 1. The lowest BCUT2D eigenvalue weighted by Crippen LogP contribution is -2.46. The number of hydrogen-bond donors (Lipinski definition) is 0. The van der Waals surface area contributed by atoms with Gasteiger partial charge in [0, 0.05) is 6.54 Å². The molecule has 0 aliphatic carbocycles. The first-order valence-corrected chi connectivity index (χ1v) is 8.40. The van der Waals surface area contributed by atoms with Crippen molar-refractivity contribution in [1.82, 2.24) is 4.90 Å². The molecule has 1 heterocycles. The summed E-state index contributed by atoms with van der Waals surface area (Å²) >= 11 is 0. The van der Waals surface area contributed by atoms with Crippen LogP contribution in [0.1, 0.15) is 24.8 Å². The Bertz CT molecular complexity index is 576. The van der Waals surface area contributed by atoms with Crippen molar-refractivity contribution < 1.29 is 21.8 Å². The Morgan fingerprint density at radius 3 is 2.67 bits per heavy atom. The second-order valence-electron chi connectivity index (χ2n) is 5.09. The van der Waals surface area contributed by atoms with Crippen molar-refractivity contribution in [2.75, 3.05) is 12.3 Å². The van der Waals surface area contributed by atoms with Crippen molar-refractivity contribution in [2.24, 2.45) is 0 Å². The maximum atomic E-state index is 12.9. The first-order chi connectivity index (χ1) is 9.96. The minimum atomic E-state index is -4.61. The number of benzene rings is 1. The molecule has 0 bridgehead atoms. The summed E-state index contributed by atoms with van der Waals surface area (Å²) < 4.78 is 39.6. The van der Waals surface area contributed by atoms with Crippen LogP contribution < -0.4 is 0 Å². The highest BCUT2D eigenvalue weighted by Crippen LogP contribution is 2.20. The number of nitrogens with zero attached hydrogens (tertiary/aromatic N) is 1. The number of likely N-dealkylation sites (tertiary alicyclic amines) is 1. The normalized spacial score (nSPS) is 19.3. The van der Waals surface area contributed by atoms with Crippen LogP contribution in [0.2, 0.25) is 0 Å². The van der Waals surface area contributed by atoms with Gasteiger partial charge in [-0.1, -0.05) is 30.3 Å². The van der Waals surface area contributed by atoms with E-state index in [1.165, 1.54) is 4.90 Å². The number of ether oxygens (including phenoxy) is 1. The second kappa shape index (κ2) is 6.89. The fraction of sp³-hybridized carbons (Fsp3) is 0.500. The summed E-state index contributed by atoms with van der Waals surface area (Å²) in [6.07, 6.45) is 1.43. The molecule has 7 heteroatoms. The molecule has 0 radical (unpaired) electrons. The SMILES string of the molecule is O=C(OCc1ccccc1)N1CCCC[C@@H]1CS(=O)(=O)F. The lowest BCUT2D eigenvalue weighted by atomic mass is 10.0. The van der Waals surface area contributed by atoms with Crippen LogP contribution in [-0.4, -0.2) is 37.8 Å². The maximum absolute atomic E-state index is 12.9. The standard InChI is InChI=1S/C14H18FNO4S/c15-21(18,19)11-13-8-4-5-9-16(13)14(17)20-10-12-6-2-1-3-7-12/h1-3,6-7,13H,4-5,8-11H2/t13-/m1/s1. The molecule has 1 fully saturated rings. The van der Waals surface area contributed by atoms with Crippen LogP contribution >= 0.6 is 0 Å². The molecular weight excluding hydrogens is 297 g/mol. The smallest absolute Gasteiger partial charge is 0.410 e. The van der Waals surface area contributed by atoms with Gasteiger partial charge >= 0.3 is 16.3 Å². The molecule has 1 aliphatic heterocycles. The van der Waals surface area contributed by atoms with E-state index in [9.17, 15) is 17.1 Å². The van der Waals surface area contributed by atoms with E-state index in [-0.39, 0.29) is 6.61 Å². The Morgan fingerprint density at radius 1 is 1.29 bits per heavy atom. The number of carbonyl (C=O) groups is 1. The van der Waals surface area contributed by atoms with Crippen LogP contribution in [0, 0.1) is 0 Å². The van der Waals surface area contributed by atoms with Crippen LogP contribution in [0.3, 0.4) is 0 Å². The van der Waals surface area contributed by atoms with Crippen LogP contribution in [0.15, 0.2) is 30.3 Å². The number of rotatable bonds is 4. The third-order valence-corrected chi connectivity index (χ3v) is 4.24. The summed E-state index contributed by atoms with van der Waals surface area (Å²) in [4.78, 5) is 13.4. The van der Waals surface area contributed by atoms with Crippen molar-refractivity contribution in [3.63, 3.8) is 0 Å². The Hall–Kier alpha value is -1.63. The molecule has 1 amide bonds. The summed E-state index contributed by atoms with van der Waals surface area (Å²) in [6.45, 7) is 0.513. The van der Waals surface area contributed by atoms with Gasteiger partial charge in [-0.05, 0) is 24.8 Å². The first kappa shape index (κ1) is 15.8. The lowest BCUT2D eigenvalue weighted by molar-refractivity contribution is 0.0726. The topological polar surface area (TPSA) is 63.7 Å². The number of halogens is 1. The molecule has 21 heavy (non-hydrogen) atoms. The fourth-order valence-electron chi connectivity index (χ4n) is 2.45. The lowest BCUT2D eigenvalue weighted by Gasteiger charge is -2.33. The van der Waals surface area contributed by atoms with Crippen molar-refractivity contribution in [3.05, 3.63) is 35.9 Å². The van der Waals surface area contributed by atoms with E-state index in [0.717, 1.165) is 18.4 Å². The highest BCUT2D eigenvalue weighted by molar-refractivity contribution is 7.86. The molecule has 0 spiro atoms. The van der Waals surface area contributed by atoms with Gasteiger partial charge in [0.05, 0.1) is 6.04 Å². The molecule has 1 aromatic carbocycles. The molecular formula is C14H18FNO4S. The summed E-state index contributed by atoms with van der Waals surface area (Å²) in [6, 6.07) is 8.54. The maximum Gasteiger partial charge on any atom is 0.410 e. The molecule has 2 rings (SSSR count). The van der Waals surface area contributed by atoms with Gasteiger partial charge in [-0.2, -0.15) is 8.42 Å². The van der Waals surface area contributed by atoms with E-state index < -0.39 is 28.1 Å². The molecule has 0 saturated carbocycles. The van der Waals surface area contributed by atoms with Crippen molar-refractivity contribution in [3.8, 4) is 0 Å². The molecule has 0 aromatic heterocycles. The van der Waals surface area contributed by atoms with Gasteiger partial charge in [0.25, 0.3) is 0 Å². The quantitative estimate of drug-likeness (QED) is 0.801. The molecule has 1 aliphatic rings. The van der Waals surface area contributed by atoms with E-state index in [1.807, 2.05) is 30.3 Å². The predicted molar refractivity (Wildman–Crippen MR) is 75.9 cm³/mol. The molecule has 1 atom stereocenters. The van der Waals surface area contributed by atoms with E-state index in [0.29, 0.717) is 13.0 Å². The van der Waals surface area contributed by atoms with Crippen molar-refractivity contribution in [1.29, 1.82) is 0 Å². The fourth-order valence-corrected chi connectivity index (χ4v) is 3.25. The minimum absolute atomic E-state index is 0.116. The van der Waals surface area contributed by atoms with Gasteiger partial charge in [0.1, 0.15) is 12.4 Å². The minimum Gasteiger partial charge on any atom is -0.445 e. The van der Waals surface area contributed by atoms with Gasteiger partial charge in [0.2, 0.25) is 0 Å². The third kappa shape index (κ3) is 5.00. The van der Waals surface area contributed by atoms with Crippen molar-refractivity contribution >= 4 is 16.3 Å². The largest absolute Gasteiger partial charge is 0.445 e. The van der Waals surface area contributed by atoms with E-state index in [2.05, 4.69) is 0 Å². The highest BCUT2D eigenvalue weighted by atomic mass is 32.3. The van der Waals surface area contributed by atoms with Crippen molar-refractivity contribution in [2.45, 2.75) is 31.9 Å². The van der Waals surface area contributed by atoms with E-state index in [4.69, 9.17) is 4.74 Å². The Labute approximate surface area is 123 Å². The number of amides is 1. The molecule has 5 nitrogen and oxygen atoms in total. The van der Waals surface area contributed by atoms with Gasteiger partial charge in [-0.15, -0.1) is 3.89 Å². The summed E-state index contributed by atoms with van der Waals surface area (Å²) in [5, 5.41) is 0. The summed E-state index contributed by atoms with van der Waals surface area (Å²) in [7, 11) is -4.61. The van der Waals surface area contributed by atoms with E-state index >= 15 is 0 Å². The summed E-state index contributed by atoms with van der Waals surface area (Å²) in [5.41, 5.74) is 0.845. The average molecular weight is 315 g/mol. The first-order valence-electron chi connectivity index (χ1n) is 6.85. The van der Waals surface area contributed by atoms with E-state index in [1.54, 1.807) is 0 Å². The number of carbonyl (C=O) groups excluding carboxylic acids is 1. The molecule has 116 valence electrons. The van der Waals surface area contributed by atoms with Crippen LogP contribution in [0.4, 0.5) is 8.68 Å². The third-order valence-electron chi connectivity index (χ3n) is 3.46. The van der Waals surface area contributed by atoms with Crippen LogP contribution in [0.25, 0.3) is 0 Å². The predicted octanol–water partition coefficient (Wildman–Crippen LogP) is 2.48. The van der Waals surface area contributed by atoms with Crippen LogP contribution in [-0.2, 0) is 21.6 Å². The Kier molecular flexibility index (Phi) is 5.17.